The lowest BCUT2D eigenvalue weighted by Gasteiger charge is -2.05. The van der Waals surface area contributed by atoms with Gasteiger partial charge in [0.25, 0.3) is 0 Å². The maximum atomic E-state index is 12.1. The third-order valence-electron chi connectivity index (χ3n) is 2.88. The van der Waals surface area contributed by atoms with Crippen LogP contribution in [0.5, 0.6) is 0 Å². The van der Waals surface area contributed by atoms with Crippen molar-refractivity contribution in [3.8, 4) is 0 Å². The number of carbonyl (C=O) groups is 2. The van der Waals surface area contributed by atoms with Gasteiger partial charge in [-0.25, -0.2) is 4.79 Å². The van der Waals surface area contributed by atoms with Crippen molar-refractivity contribution in [3.05, 3.63) is 22.8 Å². The number of hydrogen-bond acceptors (Lipinski definition) is 7. The van der Waals surface area contributed by atoms with Gasteiger partial charge in [-0.3, -0.25) is 4.79 Å². The smallest absolute Gasteiger partial charge is 0.341 e. The van der Waals surface area contributed by atoms with E-state index in [-0.39, 0.29) is 11.7 Å². The number of nitrogens with zero attached hydrogens (tertiary/aromatic N) is 3. The van der Waals surface area contributed by atoms with E-state index in [0.29, 0.717) is 22.3 Å². The number of thioether (sulfide) groups is 1. The number of hydrogen-bond donors (Lipinski definition) is 1. The van der Waals surface area contributed by atoms with Crippen molar-refractivity contribution in [2.75, 3.05) is 17.7 Å². The Labute approximate surface area is 142 Å². The quantitative estimate of drug-likeness (QED) is 0.607. The maximum absolute atomic E-state index is 12.1. The van der Waals surface area contributed by atoms with Crippen LogP contribution in [0.3, 0.4) is 0 Å². The average Bonchev–Trinajstić information content (AvgIpc) is 3.11. The maximum Gasteiger partial charge on any atom is 0.341 e. The molecule has 2 aromatic heterocycles. The van der Waals surface area contributed by atoms with Gasteiger partial charge in [0, 0.05) is 11.9 Å². The first-order valence-corrected chi connectivity index (χ1v) is 8.91. The molecular formula is C14H18N4O3S2. The molecule has 0 spiro atoms. The first kappa shape index (κ1) is 17.5. The lowest BCUT2D eigenvalue weighted by molar-refractivity contribution is -0.113. The van der Waals surface area contributed by atoms with Gasteiger partial charge in [-0.1, -0.05) is 18.7 Å². The summed E-state index contributed by atoms with van der Waals surface area (Å²) in [5, 5.41) is 11.6. The first-order valence-electron chi connectivity index (χ1n) is 7.11. The fraction of sp³-hybridized carbons (Fsp3) is 0.429. The van der Waals surface area contributed by atoms with Gasteiger partial charge in [0.2, 0.25) is 5.91 Å². The first-order chi connectivity index (χ1) is 11.0. The molecule has 0 bridgehead atoms. The van der Waals surface area contributed by atoms with Gasteiger partial charge in [0.05, 0.1) is 17.9 Å². The monoisotopic (exact) mass is 354 g/mol. The zero-order chi connectivity index (χ0) is 16.8. The van der Waals surface area contributed by atoms with Gasteiger partial charge >= 0.3 is 5.97 Å². The molecule has 0 saturated carbocycles. The van der Waals surface area contributed by atoms with Gasteiger partial charge in [-0.2, -0.15) is 0 Å². The lowest BCUT2D eigenvalue weighted by atomic mass is 10.2. The molecule has 1 amide bonds. The number of esters is 1. The number of amides is 1. The molecular weight excluding hydrogens is 336 g/mol. The van der Waals surface area contributed by atoms with E-state index in [9.17, 15) is 9.59 Å². The summed E-state index contributed by atoms with van der Waals surface area (Å²) in [5.74, 6) is -0.429. The molecule has 0 aliphatic heterocycles. The van der Waals surface area contributed by atoms with Crippen LogP contribution < -0.4 is 5.32 Å². The molecule has 0 aliphatic rings. The van der Waals surface area contributed by atoms with Crippen molar-refractivity contribution >= 4 is 40.0 Å². The normalized spacial score (nSPS) is 10.6. The van der Waals surface area contributed by atoms with Gasteiger partial charge in [0.1, 0.15) is 11.3 Å². The number of anilines is 1. The molecule has 9 heteroatoms. The van der Waals surface area contributed by atoms with Crippen molar-refractivity contribution in [1.29, 1.82) is 0 Å². The summed E-state index contributed by atoms with van der Waals surface area (Å²) in [6, 6.07) is 1.77. The van der Waals surface area contributed by atoms with Crippen molar-refractivity contribution in [2.24, 2.45) is 7.05 Å². The standard InChI is InChI=1S/C14H18N4O3S2/c1-4-9-6-10(13(20)21-5-2)12(23-9)16-11(19)7-22-14-17-15-8-18(14)3/h6,8H,4-5,7H2,1-3H3,(H,16,19). The molecule has 23 heavy (non-hydrogen) atoms. The Morgan fingerprint density at radius 3 is 2.83 bits per heavy atom. The Morgan fingerprint density at radius 2 is 2.22 bits per heavy atom. The van der Waals surface area contributed by atoms with Crippen molar-refractivity contribution in [2.45, 2.75) is 25.4 Å². The molecule has 124 valence electrons. The van der Waals surface area contributed by atoms with Crippen LogP contribution in [0.15, 0.2) is 17.6 Å². The van der Waals surface area contributed by atoms with Crippen LogP contribution in [-0.2, 0) is 23.0 Å². The van der Waals surface area contributed by atoms with Gasteiger partial charge in [-0.05, 0) is 19.4 Å². The van der Waals surface area contributed by atoms with E-state index in [4.69, 9.17) is 4.74 Å². The number of carbonyl (C=O) groups excluding carboxylic acids is 2. The third kappa shape index (κ3) is 4.55. The summed E-state index contributed by atoms with van der Waals surface area (Å²) in [6.07, 6.45) is 2.37. The van der Waals surface area contributed by atoms with Crippen LogP contribution in [0.1, 0.15) is 29.1 Å². The molecule has 0 radical (unpaired) electrons. The van der Waals surface area contributed by atoms with Crippen LogP contribution in [0, 0.1) is 0 Å². The summed E-state index contributed by atoms with van der Waals surface area (Å²) < 4.78 is 6.77. The van der Waals surface area contributed by atoms with Crippen molar-refractivity contribution < 1.29 is 14.3 Å². The Balaban J connectivity index is 2.03. The van der Waals surface area contributed by atoms with Gasteiger partial charge < -0.3 is 14.6 Å². The zero-order valence-corrected chi connectivity index (χ0v) is 14.8. The Morgan fingerprint density at radius 1 is 1.43 bits per heavy atom. The molecule has 0 saturated heterocycles. The molecule has 0 fully saturated rings. The molecule has 2 heterocycles. The Bertz CT molecular complexity index is 696. The van der Waals surface area contributed by atoms with Crippen LogP contribution in [0.4, 0.5) is 5.00 Å². The average molecular weight is 354 g/mol. The van der Waals surface area contributed by atoms with Crippen molar-refractivity contribution in [1.82, 2.24) is 14.8 Å². The minimum Gasteiger partial charge on any atom is -0.462 e. The zero-order valence-electron chi connectivity index (χ0n) is 13.2. The summed E-state index contributed by atoms with van der Waals surface area (Å²) >= 11 is 2.68. The van der Waals surface area contributed by atoms with Crippen LogP contribution >= 0.6 is 23.1 Å². The molecule has 0 aliphatic carbocycles. The summed E-state index contributed by atoms with van der Waals surface area (Å²) in [6.45, 7) is 4.04. The molecule has 2 aromatic rings. The number of aryl methyl sites for hydroxylation is 2. The highest BCUT2D eigenvalue weighted by Gasteiger charge is 2.19. The minimum atomic E-state index is -0.417. The third-order valence-corrected chi connectivity index (χ3v) is 5.11. The fourth-order valence-corrected chi connectivity index (χ4v) is 3.45. The topological polar surface area (TPSA) is 86.1 Å². The van der Waals surface area contributed by atoms with E-state index >= 15 is 0 Å². The number of nitrogens with one attached hydrogen (secondary N) is 1. The fourth-order valence-electron chi connectivity index (χ4n) is 1.77. The highest BCUT2D eigenvalue weighted by molar-refractivity contribution is 7.99. The van der Waals surface area contributed by atoms with Gasteiger partial charge in [0.15, 0.2) is 5.16 Å². The summed E-state index contributed by atoms with van der Waals surface area (Å²) in [4.78, 5) is 25.1. The van der Waals surface area contributed by atoms with E-state index in [1.54, 1.807) is 23.9 Å². The molecule has 0 aromatic carbocycles. The number of aromatic nitrogens is 3. The summed E-state index contributed by atoms with van der Waals surface area (Å²) in [7, 11) is 1.81. The van der Waals surface area contributed by atoms with E-state index in [1.807, 2.05) is 14.0 Å². The molecule has 1 N–H and O–H groups in total. The minimum absolute atomic E-state index is 0.189. The number of thiophene rings is 1. The SMILES string of the molecule is CCOC(=O)c1cc(CC)sc1NC(=O)CSc1nncn1C. The second-order valence-corrected chi connectivity index (χ2v) is 6.67. The van der Waals surface area contributed by atoms with Crippen LogP contribution in [0.2, 0.25) is 0 Å². The second kappa shape index (κ2) is 8.11. The van der Waals surface area contributed by atoms with Gasteiger partial charge in [-0.15, -0.1) is 21.5 Å². The molecule has 2 rings (SSSR count). The molecule has 7 nitrogen and oxygen atoms in total. The number of ether oxygens (including phenoxy) is 1. The molecule has 0 unspecified atom stereocenters. The largest absolute Gasteiger partial charge is 0.462 e. The highest BCUT2D eigenvalue weighted by atomic mass is 32.2. The lowest BCUT2D eigenvalue weighted by Crippen LogP contribution is -2.16. The highest BCUT2D eigenvalue weighted by Crippen LogP contribution is 2.29. The van der Waals surface area contributed by atoms with E-state index in [0.717, 1.165) is 11.3 Å². The second-order valence-electron chi connectivity index (χ2n) is 4.59. The summed E-state index contributed by atoms with van der Waals surface area (Å²) in [5.41, 5.74) is 0.408. The van der Waals surface area contributed by atoms with E-state index in [2.05, 4.69) is 15.5 Å². The van der Waals surface area contributed by atoms with Crippen LogP contribution in [0.25, 0.3) is 0 Å². The van der Waals surface area contributed by atoms with Crippen molar-refractivity contribution in [3.63, 3.8) is 0 Å². The predicted molar refractivity (Wildman–Crippen MR) is 90.0 cm³/mol. The Kier molecular flexibility index (Phi) is 6.17. The number of rotatable bonds is 7. The predicted octanol–water partition coefficient (Wildman–Crippen LogP) is 2.35. The van der Waals surface area contributed by atoms with E-state index < -0.39 is 5.97 Å². The molecule has 0 atom stereocenters. The Hall–Kier alpha value is -1.87. The van der Waals surface area contributed by atoms with E-state index in [1.165, 1.54) is 23.1 Å². The van der Waals surface area contributed by atoms with Crippen LogP contribution in [-0.4, -0.2) is 39.0 Å².